The summed E-state index contributed by atoms with van der Waals surface area (Å²) in [5, 5.41) is 14.0. The highest BCUT2D eigenvalue weighted by Gasteiger charge is 2.04. The van der Waals surface area contributed by atoms with Crippen LogP contribution in [0.15, 0.2) is 48.8 Å². The topological polar surface area (TPSA) is 93.1 Å². The highest BCUT2D eigenvalue weighted by atomic mass is 16.5. The third kappa shape index (κ3) is 4.93. The fourth-order valence-electron chi connectivity index (χ4n) is 2.44. The zero-order chi connectivity index (χ0) is 18.2. The van der Waals surface area contributed by atoms with Gasteiger partial charge in [0.1, 0.15) is 5.82 Å². The number of hydrogen-bond acceptors (Lipinski definition) is 5. The van der Waals surface area contributed by atoms with Crippen molar-refractivity contribution in [3.63, 3.8) is 0 Å². The van der Waals surface area contributed by atoms with Gasteiger partial charge in [0.15, 0.2) is 0 Å². The molecule has 26 heavy (non-hydrogen) atoms. The monoisotopic (exact) mass is 354 g/mol. The Morgan fingerprint density at radius 2 is 2.08 bits per heavy atom. The van der Waals surface area contributed by atoms with Crippen LogP contribution >= 0.6 is 0 Å². The summed E-state index contributed by atoms with van der Waals surface area (Å²) in [5.74, 6) is 0.783. The largest absolute Gasteiger partial charge is 0.383 e. The van der Waals surface area contributed by atoms with E-state index in [4.69, 9.17) is 4.74 Å². The number of fused-ring (bicyclic) bond motifs is 1. The summed E-state index contributed by atoms with van der Waals surface area (Å²) >= 11 is 0. The van der Waals surface area contributed by atoms with Crippen molar-refractivity contribution in [1.82, 2.24) is 20.1 Å². The molecule has 0 radical (unpaired) electrons. The first-order chi connectivity index (χ1) is 12.7. The second kappa shape index (κ2) is 8.82. The van der Waals surface area contributed by atoms with Crippen molar-refractivity contribution in [2.75, 3.05) is 37.4 Å². The number of benzene rings is 1. The van der Waals surface area contributed by atoms with Gasteiger partial charge in [0, 0.05) is 31.8 Å². The quantitative estimate of drug-likeness (QED) is 0.540. The molecule has 2 amide bonds. The number of urea groups is 1. The van der Waals surface area contributed by atoms with Crippen molar-refractivity contribution in [3.05, 3.63) is 48.8 Å². The van der Waals surface area contributed by atoms with Crippen molar-refractivity contribution >= 4 is 28.4 Å². The number of aromatic nitrogens is 3. The number of carbonyl (C=O) groups excluding carboxylic acids is 1. The maximum Gasteiger partial charge on any atom is 0.319 e. The maximum atomic E-state index is 11.9. The van der Waals surface area contributed by atoms with Crippen LogP contribution in [0.2, 0.25) is 0 Å². The first kappa shape index (κ1) is 17.7. The molecule has 0 bridgehead atoms. The lowest BCUT2D eigenvalue weighted by Crippen LogP contribution is -2.32. The van der Waals surface area contributed by atoms with Crippen molar-refractivity contribution in [1.29, 1.82) is 0 Å². The van der Waals surface area contributed by atoms with E-state index in [0.717, 1.165) is 16.7 Å². The molecular formula is C18H22N6O2. The fraction of sp³-hybridized carbons (Fsp3) is 0.278. The van der Waals surface area contributed by atoms with E-state index >= 15 is 0 Å². The number of hydrogen-bond donors (Lipinski definition) is 3. The van der Waals surface area contributed by atoms with E-state index in [1.807, 2.05) is 36.4 Å². The Balaban J connectivity index is 1.39. The number of anilines is 2. The number of nitrogens with zero attached hydrogens (tertiary/aromatic N) is 3. The van der Waals surface area contributed by atoms with Crippen LogP contribution in [0.1, 0.15) is 0 Å². The lowest BCUT2D eigenvalue weighted by molar-refractivity contribution is 0.183. The van der Waals surface area contributed by atoms with Gasteiger partial charge in [-0.1, -0.05) is 18.2 Å². The molecule has 2 aromatic heterocycles. The molecule has 0 unspecified atom stereocenters. The Morgan fingerprint density at radius 3 is 2.96 bits per heavy atom. The molecule has 2 heterocycles. The molecule has 3 N–H and O–H groups in total. The molecule has 8 nitrogen and oxygen atoms in total. The lowest BCUT2D eigenvalue weighted by atomic mass is 10.2. The van der Waals surface area contributed by atoms with Crippen molar-refractivity contribution in [2.45, 2.75) is 6.54 Å². The Morgan fingerprint density at radius 1 is 1.19 bits per heavy atom. The van der Waals surface area contributed by atoms with Gasteiger partial charge in [-0.15, -0.1) is 0 Å². The van der Waals surface area contributed by atoms with Crippen LogP contribution in [0.25, 0.3) is 10.9 Å². The van der Waals surface area contributed by atoms with Gasteiger partial charge in [0.05, 0.1) is 30.6 Å². The molecule has 0 aliphatic rings. The van der Waals surface area contributed by atoms with Gasteiger partial charge in [-0.2, -0.15) is 5.10 Å². The molecule has 0 aliphatic heterocycles. The Hall–Kier alpha value is -3.13. The Kier molecular flexibility index (Phi) is 6.00. The van der Waals surface area contributed by atoms with Gasteiger partial charge >= 0.3 is 6.03 Å². The first-order valence-corrected chi connectivity index (χ1v) is 8.40. The molecule has 0 saturated carbocycles. The van der Waals surface area contributed by atoms with Gasteiger partial charge in [0.2, 0.25) is 0 Å². The van der Waals surface area contributed by atoms with Crippen LogP contribution in [0.3, 0.4) is 0 Å². The minimum atomic E-state index is -0.274. The highest BCUT2D eigenvalue weighted by Crippen LogP contribution is 2.14. The van der Waals surface area contributed by atoms with E-state index < -0.39 is 0 Å². The number of rotatable bonds is 8. The van der Waals surface area contributed by atoms with Crippen molar-refractivity contribution in [3.8, 4) is 0 Å². The smallest absolute Gasteiger partial charge is 0.319 e. The molecule has 1 aromatic carbocycles. The summed E-state index contributed by atoms with van der Waals surface area (Å²) in [6, 6.07) is 11.6. The molecule has 0 fully saturated rings. The van der Waals surface area contributed by atoms with Gasteiger partial charge in [-0.25, -0.2) is 9.78 Å². The summed E-state index contributed by atoms with van der Waals surface area (Å²) in [6.07, 6.45) is 3.36. The van der Waals surface area contributed by atoms with E-state index in [1.165, 1.54) is 0 Å². The number of ether oxygens (including phenoxy) is 1. The molecule has 0 atom stereocenters. The molecule has 0 spiro atoms. The molecule has 0 aliphatic carbocycles. The fourth-order valence-corrected chi connectivity index (χ4v) is 2.44. The van der Waals surface area contributed by atoms with Crippen LogP contribution in [-0.2, 0) is 11.3 Å². The average Bonchev–Trinajstić information content (AvgIpc) is 3.10. The summed E-state index contributed by atoms with van der Waals surface area (Å²) < 4.78 is 6.70. The summed E-state index contributed by atoms with van der Waals surface area (Å²) in [6.45, 7) is 2.26. The lowest BCUT2D eigenvalue weighted by Gasteiger charge is -2.08. The third-order valence-corrected chi connectivity index (χ3v) is 3.73. The van der Waals surface area contributed by atoms with Crippen LogP contribution in [-0.4, -0.2) is 47.6 Å². The number of nitrogens with one attached hydrogen (secondary N) is 3. The standard InChI is InChI=1S/C18H22N6O2/c1-26-11-10-24-13-15(12-21-24)22-18(25)20-9-8-19-17-7-6-14-4-2-3-5-16(14)23-17/h2-7,12-13H,8-11H2,1H3,(H,19,23)(H2,20,22,25). The molecule has 8 heteroatoms. The molecular weight excluding hydrogens is 332 g/mol. The summed E-state index contributed by atoms with van der Waals surface area (Å²) in [4.78, 5) is 16.4. The highest BCUT2D eigenvalue weighted by molar-refractivity contribution is 5.88. The average molecular weight is 354 g/mol. The zero-order valence-corrected chi connectivity index (χ0v) is 14.6. The first-order valence-electron chi connectivity index (χ1n) is 8.40. The minimum Gasteiger partial charge on any atom is -0.383 e. The number of methoxy groups -OCH3 is 1. The van der Waals surface area contributed by atoms with Crippen molar-refractivity contribution in [2.24, 2.45) is 0 Å². The Labute approximate surface area is 151 Å². The molecule has 136 valence electrons. The third-order valence-electron chi connectivity index (χ3n) is 3.73. The van der Waals surface area contributed by atoms with E-state index in [-0.39, 0.29) is 6.03 Å². The molecule has 3 aromatic rings. The zero-order valence-electron chi connectivity index (χ0n) is 14.6. The number of carbonyl (C=O) groups is 1. The Bertz CT molecular complexity index is 864. The van der Waals surface area contributed by atoms with E-state index in [2.05, 4.69) is 26.0 Å². The van der Waals surface area contributed by atoms with Crippen LogP contribution in [0, 0.1) is 0 Å². The number of pyridine rings is 1. The van der Waals surface area contributed by atoms with E-state index in [9.17, 15) is 4.79 Å². The van der Waals surface area contributed by atoms with E-state index in [0.29, 0.717) is 31.9 Å². The van der Waals surface area contributed by atoms with E-state index in [1.54, 1.807) is 24.2 Å². The normalized spacial score (nSPS) is 10.7. The van der Waals surface area contributed by atoms with Crippen LogP contribution in [0.4, 0.5) is 16.3 Å². The number of amides is 2. The number of para-hydroxylation sites is 1. The maximum absolute atomic E-state index is 11.9. The predicted octanol–water partition coefficient (Wildman–Crippen LogP) is 2.31. The SMILES string of the molecule is COCCn1cc(NC(=O)NCCNc2ccc3ccccc3n2)cn1. The summed E-state index contributed by atoms with van der Waals surface area (Å²) in [5.41, 5.74) is 1.58. The van der Waals surface area contributed by atoms with Gasteiger partial charge in [-0.05, 0) is 18.2 Å². The van der Waals surface area contributed by atoms with Crippen LogP contribution in [0.5, 0.6) is 0 Å². The minimum absolute atomic E-state index is 0.274. The second-order valence-corrected chi connectivity index (χ2v) is 5.68. The van der Waals surface area contributed by atoms with Crippen LogP contribution < -0.4 is 16.0 Å². The van der Waals surface area contributed by atoms with Gasteiger partial charge in [0.25, 0.3) is 0 Å². The van der Waals surface area contributed by atoms with Gasteiger partial charge < -0.3 is 20.7 Å². The van der Waals surface area contributed by atoms with Gasteiger partial charge in [-0.3, -0.25) is 4.68 Å². The van der Waals surface area contributed by atoms with Crippen molar-refractivity contribution < 1.29 is 9.53 Å². The summed E-state index contributed by atoms with van der Waals surface area (Å²) in [7, 11) is 1.64. The predicted molar refractivity (Wildman–Crippen MR) is 101 cm³/mol. The molecule has 3 rings (SSSR count). The second-order valence-electron chi connectivity index (χ2n) is 5.68. The molecule has 0 saturated heterocycles.